The van der Waals surface area contributed by atoms with Gasteiger partial charge in [0.15, 0.2) is 0 Å². The van der Waals surface area contributed by atoms with Crippen LogP contribution in [0.25, 0.3) is 0 Å². The Kier molecular flexibility index (Phi) is 12.1. The van der Waals surface area contributed by atoms with Crippen molar-refractivity contribution in [2.24, 2.45) is 5.92 Å². The number of hydrogen-bond donors (Lipinski definition) is 1. The predicted molar refractivity (Wildman–Crippen MR) is 165 cm³/mol. The number of carbonyl (C=O) groups excluding carboxylic acids is 3. The van der Waals surface area contributed by atoms with Gasteiger partial charge in [-0.3, -0.25) is 14.5 Å². The molecule has 0 heterocycles. The van der Waals surface area contributed by atoms with Crippen molar-refractivity contribution in [2.45, 2.75) is 71.4 Å². The predicted octanol–water partition coefficient (Wildman–Crippen LogP) is 6.91. The number of carbonyl (C=O) groups is 3. The van der Waals surface area contributed by atoms with Crippen LogP contribution < -0.4 is 10.1 Å². The third-order valence-electron chi connectivity index (χ3n) is 6.98. The number of hydrogen-bond acceptors (Lipinski definition) is 5. The van der Waals surface area contributed by atoms with Gasteiger partial charge < -0.3 is 14.8 Å². The van der Waals surface area contributed by atoms with Crippen molar-refractivity contribution in [1.29, 1.82) is 0 Å². The summed E-state index contributed by atoms with van der Waals surface area (Å²) >= 11 is 0. The minimum atomic E-state index is -0.702. The van der Waals surface area contributed by atoms with Crippen molar-refractivity contribution >= 4 is 17.9 Å². The topological polar surface area (TPSA) is 84.9 Å². The summed E-state index contributed by atoms with van der Waals surface area (Å²) in [6.07, 6.45) is 2.24. The summed E-state index contributed by atoms with van der Waals surface area (Å²) in [5, 5.41) is 2.99. The van der Waals surface area contributed by atoms with E-state index in [4.69, 9.17) is 9.47 Å². The summed E-state index contributed by atoms with van der Waals surface area (Å²) in [5.41, 5.74) is 2.38. The molecule has 0 saturated heterocycles. The van der Waals surface area contributed by atoms with Gasteiger partial charge in [0.25, 0.3) is 0 Å². The highest BCUT2D eigenvalue weighted by Crippen LogP contribution is 2.22. The summed E-state index contributed by atoms with van der Waals surface area (Å²) < 4.78 is 10.8. The SMILES string of the molecule is COc1ccc(CCCC(CC(=O)OC(C)(C)C)C(=O)N(CCc2ccccc2)C(=O)NC(C)c2ccccc2)cc1. The van der Waals surface area contributed by atoms with Crippen LogP contribution in [-0.2, 0) is 27.2 Å². The summed E-state index contributed by atoms with van der Waals surface area (Å²) in [6, 6.07) is 26.4. The second kappa shape index (κ2) is 15.8. The molecule has 0 aliphatic heterocycles. The van der Waals surface area contributed by atoms with Crippen molar-refractivity contribution in [1.82, 2.24) is 10.2 Å². The van der Waals surface area contributed by atoms with Crippen molar-refractivity contribution in [3.63, 3.8) is 0 Å². The van der Waals surface area contributed by atoms with E-state index in [0.717, 1.165) is 28.9 Å². The average molecular weight is 573 g/mol. The van der Waals surface area contributed by atoms with Crippen molar-refractivity contribution in [3.8, 4) is 5.75 Å². The van der Waals surface area contributed by atoms with Crippen LogP contribution in [0.4, 0.5) is 4.79 Å². The quantitative estimate of drug-likeness (QED) is 0.225. The summed E-state index contributed by atoms with van der Waals surface area (Å²) in [4.78, 5) is 41.9. The van der Waals surface area contributed by atoms with Gasteiger partial charge in [0.2, 0.25) is 5.91 Å². The molecule has 3 aromatic rings. The molecule has 3 amide bonds. The Bertz CT molecular complexity index is 1270. The molecule has 0 radical (unpaired) electrons. The van der Waals surface area contributed by atoms with Crippen LogP contribution in [0.3, 0.4) is 0 Å². The van der Waals surface area contributed by atoms with Crippen LogP contribution >= 0.6 is 0 Å². The van der Waals surface area contributed by atoms with Gasteiger partial charge in [0, 0.05) is 12.5 Å². The third-order valence-corrected chi connectivity index (χ3v) is 6.98. The van der Waals surface area contributed by atoms with Crippen molar-refractivity contribution in [3.05, 3.63) is 102 Å². The highest BCUT2D eigenvalue weighted by Gasteiger charge is 2.32. The van der Waals surface area contributed by atoms with Gasteiger partial charge in [-0.15, -0.1) is 0 Å². The fraction of sp³-hybridized carbons (Fsp3) is 0.400. The number of benzene rings is 3. The van der Waals surface area contributed by atoms with Crippen LogP contribution in [0, 0.1) is 5.92 Å². The molecular weight excluding hydrogens is 528 g/mol. The molecule has 7 heteroatoms. The lowest BCUT2D eigenvalue weighted by Gasteiger charge is -2.28. The first kappa shape index (κ1) is 32.4. The first-order chi connectivity index (χ1) is 20.1. The minimum absolute atomic E-state index is 0.0952. The molecule has 2 unspecified atom stereocenters. The van der Waals surface area contributed by atoms with Gasteiger partial charge in [-0.25, -0.2) is 4.79 Å². The number of nitrogens with zero attached hydrogens (tertiary/aromatic N) is 1. The Hall–Kier alpha value is -4.13. The van der Waals surface area contributed by atoms with Crippen LogP contribution in [0.1, 0.15) is 69.7 Å². The molecule has 0 spiro atoms. The van der Waals surface area contributed by atoms with Gasteiger partial charge in [-0.2, -0.15) is 0 Å². The molecule has 0 saturated carbocycles. The van der Waals surface area contributed by atoms with Crippen LogP contribution in [-0.4, -0.2) is 42.1 Å². The number of ether oxygens (including phenoxy) is 2. The van der Waals surface area contributed by atoms with E-state index in [-0.39, 0.29) is 24.9 Å². The molecular formula is C35H44N2O5. The molecule has 0 aliphatic carbocycles. The van der Waals surface area contributed by atoms with E-state index in [2.05, 4.69) is 5.32 Å². The smallest absolute Gasteiger partial charge is 0.324 e. The normalized spacial score (nSPS) is 12.6. The number of esters is 1. The van der Waals surface area contributed by atoms with Gasteiger partial charge in [0.05, 0.1) is 19.6 Å². The zero-order valence-corrected chi connectivity index (χ0v) is 25.5. The first-order valence-electron chi connectivity index (χ1n) is 14.6. The Balaban J connectivity index is 1.80. The molecule has 42 heavy (non-hydrogen) atoms. The zero-order valence-electron chi connectivity index (χ0n) is 25.5. The van der Waals surface area contributed by atoms with Crippen LogP contribution in [0.5, 0.6) is 5.75 Å². The zero-order chi connectivity index (χ0) is 30.5. The third kappa shape index (κ3) is 10.7. The first-order valence-corrected chi connectivity index (χ1v) is 14.6. The fourth-order valence-corrected chi connectivity index (χ4v) is 4.75. The lowest BCUT2D eigenvalue weighted by atomic mass is 9.94. The second-order valence-electron chi connectivity index (χ2n) is 11.5. The standard InChI is InChI=1S/C35H44N2O5/c1-26(29-16-10-7-11-17-29)36-34(40)37(24-23-27-13-8-6-9-14-27)33(39)30(25-32(38)42-35(2,3)4)18-12-15-28-19-21-31(41-5)22-20-28/h6-11,13-14,16-17,19-22,26,30H,12,15,18,23-25H2,1-5H3,(H,36,40). The number of amides is 3. The summed E-state index contributed by atoms with van der Waals surface area (Å²) in [7, 11) is 1.63. The van der Waals surface area contributed by atoms with Gasteiger partial charge >= 0.3 is 12.0 Å². The van der Waals surface area contributed by atoms with Crippen LogP contribution in [0.15, 0.2) is 84.9 Å². The molecule has 224 valence electrons. The Morgan fingerprint density at radius 3 is 2.02 bits per heavy atom. The van der Waals surface area contributed by atoms with Gasteiger partial charge in [-0.1, -0.05) is 72.8 Å². The summed E-state index contributed by atoms with van der Waals surface area (Å²) in [6.45, 7) is 7.49. The molecule has 1 N–H and O–H groups in total. The number of methoxy groups -OCH3 is 1. The molecule has 7 nitrogen and oxygen atoms in total. The Labute approximate surface area is 250 Å². The summed E-state index contributed by atoms with van der Waals surface area (Å²) in [5.74, 6) is -0.746. The fourth-order valence-electron chi connectivity index (χ4n) is 4.75. The number of rotatable bonds is 13. The average Bonchev–Trinajstić information content (AvgIpc) is 2.97. The van der Waals surface area contributed by atoms with E-state index in [1.165, 1.54) is 4.90 Å². The Morgan fingerprint density at radius 1 is 0.833 bits per heavy atom. The van der Waals surface area contributed by atoms with Crippen molar-refractivity contribution < 1.29 is 23.9 Å². The molecule has 0 bridgehead atoms. The highest BCUT2D eigenvalue weighted by atomic mass is 16.6. The van der Waals surface area contributed by atoms with E-state index < -0.39 is 23.5 Å². The number of aryl methyl sites for hydroxylation is 1. The number of nitrogens with one attached hydrogen (secondary N) is 1. The monoisotopic (exact) mass is 572 g/mol. The highest BCUT2D eigenvalue weighted by molar-refractivity contribution is 5.97. The number of imide groups is 1. The molecule has 3 rings (SSSR count). The van der Waals surface area contributed by atoms with Gasteiger partial charge in [0.1, 0.15) is 11.4 Å². The maximum absolute atomic E-state index is 14.1. The van der Waals surface area contributed by atoms with E-state index in [9.17, 15) is 14.4 Å². The van der Waals surface area contributed by atoms with E-state index in [0.29, 0.717) is 19.3 Å². The van der Waals surface area contributed by atoms with E-state index >= 15 is 0 Å². The minimum Gasteiger partial charge on any atom is -0.497 e. The molecule has 2 atom stereocenters. The lowest BCUT2D eigenvalue weighted by molar-refractivity contribution is -0.158. The molecule has 3 aromatic carbocycles. The van der Waals surface area contributed by atoms with Crippen LogP contribution in [0.2, 0.25) is 0 Å². The lowest BCUT2D eigenvalue weighted by Crippen LogP contribution is -2.48. The molecule has 0 aliphatic rings. The van der Waals surface area contributed by atoms with Crippen molar-refractivity contribution in [2.75, 3.05) is 13.7 Å². The second-order valence-corrected chi connectivity index (χ2v) is 11.5. The maximum Gasteiger partial charge on any atom is 0.324 e. The van der Waals surface area contributed by atoms with E-state index in [1.54, 1.807) is 27.9 Å². The largest absolute Gasteiger partial charge is 0.497 e. The maximum atomic E-state index is 14.1. The van der Waals surface area contributed by atoms with E-state index in [1.807, 2.05) is 91.9 Å². The van der Waals surface area contributed by atoms with Gasteiger partial charge in [-0.05, 0) is 82.2 Å². The molecule has 0 aromatic heterocycles. The molecule has 0 fully saturated rings. The Morgan fingerprint density at radius 2 is 1.43 bits per heavy atom. The number of urea groups is 1.